The van der Waals surface area contributed by atoms with Gasteiger partial charge in [0.05, 0.1) is 16.1 Å². The zero-order valence-corrected chi connectivity index (χ0v) is 14.5. The van der Waals surface area contributed by atoms with Crippen LogP contribution in [-0.4, -0.2) is 10.9 Å². The predicted octanol–water partition coefficient (Wildman–Crippen LogP) is 4.44. The Morgan fingerprint density at radius 1 is 1.24 bits per heavy atom. The Bertz CT molecular complexity index is 1040. The summed E-state index contributed by atoms with van der Waals surface area (Å²) in [4.78, 5) is 27.3. The van der Waals surface area contributed by atoms with Gasteiger partial charge in [-0.15, -0.1) is 0 Å². The molecule has 1 amide bonds. The standard InChI is InChI=1S/C19H16ClFN2O2/c1-3-13-10(2)14-7-5-12(9-17(14)23-18(13)24)22-19(25)15-6-4-11(21)8-16(15)20/h4-9H,3H2,1-2H3,(H,22,25)(H,23,24). The zero-order chi connectivity index (χ0) is 18.1. The molecule has 2 aromatic carbocycles. The molecule has 0 aliphatic carbocycles. The van der Waals surface area contributed by atoms with E-state index in [9.17, 15) is 14.0 Å². The molecule has 25 heavy (non-hydrogen) atoms. The molecular formula is C19H16ClFN2O2. The van der Waals surface area contributed by atoms with Gasteiger partial charge in [0.2, 0.25) is 0 Å². The molecule has 0 aliphatic heterocycles. The minimum Gasteiger partial charge on any atom is -0.322 e. The van der Waals surface area contributed by atoms with Crippen LogP contribution in [0.25, 0.3) is 10.9 Å². The molecule has 0 saturated carbocycles. The lowest BCUT2D eigenvalue weighted by Gasteiger charge is -2.10. The Kier molecular flexibility index (Phi) is 4.59. The Labute approximate surface area is 148 Å². The SMILES string of the molecule is CCc1c(C)c2ccc(NC(=O)c3ccc(F)cc3Cl)cc2[nH]c1=O. The number of aromatic amines is 1. The van der Waals surface area contributed by atoms with Crippen molar-refractivity contribution >= 4 is 34.1 Å². The van der Waals surface area contributed by atoms with E-state index in [-0.39, 0.29) is 16.1 Å². The third-order valence-electron chi connectivity index (χ3n) is 4.19. The van der Waals surface area contributed by atoms with E-state index in [1.54, 1.807) is 12.1 Å². The summed E-state index contributed by atoms with van der Waals surface area (Å²) >= 11 is 5.91. The number of hydrogen-bond acceptors (Lipinski definition) is 2. The van der Waals surface area contributed by atoms with Gasteiger partial charge in [-0.2, -0.15) is 0 Å². The number of nitrogens with one attached hydrogen (secondary N) is 2. The maximum Gasteiger partial charge on any atom is 0.257 e. The summed E-state index contributed by atoms with van der Waals surface area (Å²) < 4.78 is 13.1. The Balaban J connectivity index is 1.97. The maximum atomic E-state index is 13.1. The molecule has 0 radical (unpaired) electrons. The van der Waals surface area contributed by atoms with Crippen molar-refractivity contribution in [2.24, 2.45) is 0 Å². The van der Waals surface area contributed by atoms with Gasteiger partial charge in [0.15, 0.2) is 0 Å². The second-order valence-corrected chi connectivity index (χ2v) is 6.16. The largest absolute Gasteiger partial charge is 0.322 e. The lowest BCUT2D eigenvalue weighted by molar-refractivity contribution is 0.102. The lowest BCUT2D eigenvalue weighted by Crippen LogP contribution is -2.15. The summed E-state index contributed by atoms with van der Waals surface area (Å²) in [6.45, 7) is 3.84. The van der Waals surface area contributed by atoms with Crippen molar-refractivity contribution in [3.63, 3.8) is 0 Å². The number of halogens is 2. The van der Waals surface area contributed by atoms with Crippen LogP contribution in [0.3, 0.4) is 0 Å². The van der Waals surface area contributed by atoms with Crippen LogP contribution in [0.5, 0.6) is 0 Å². The van der Waals surface area contributed by atoms with Gasteiger partial charge < -0.3 is 10.3 Å². The molecule has 3 rings (SSSR count). The number of hydrogen-bond donors (Lipinski definition) is 2. The highest BCUT2D eigenvalue weighted by Crippen LogP contribution is 2.23. The molecule has 4 nitrogen and oxygen atoms in total. The van der Waals surface area contributed by atoms with Gasteiger partial charge in [-0.05, 0) is 49.2 Å². The monoisotopic (exact) mass is 358 g/mol. The molecule has 2 N–H and O–H groups in total. The number of fused-ring (bicyclic) bond motifs is 1. The van der Waals surface area contributed by atoms with Crippen LogP contribution in [0.1, 0.15) is 28.4 Å². The van der Waals surface area contributed by atoms with Gasteiger partial charge in [0.25, 0.3) is 11.5 Å². The van der Waals surface area contributed by atoms with Crippen LogP contribution >= 0.6 is 11.6 Å². The molecule has 0 fully saturated rings. The average Bonchev–Trinajstić information content (AvgIpc) is 2.54. The summed E-state index contributed by atoms with van der Waals surface area (Å²) in [6.07, 6.45) is 0.651. The highest BCUT2D eigenvalue weighted by Gasteiger charge is 2.13. The van der Waals surface area contributed by atoms with E-state index in [1.807, 2.05) is 19.9 Å². The first-order valence-corrected chi connectivity index (χ1v) is 8.20. The fourth-order valence-corrected chi connectivity index (χ4v) is 3.13. The quantitative estimate of drug-likeness (QED) is 0.726. The molecule has 6 heteroatoms. The molecule has 0 bridgehead atoms. The van der Waals surface area contributed by atoms with Gasteiger partial charge in [-0.25, -0.2) is 4.39 Å². The fraction of sp³-hybridized carbons (Fsp3) is 0.158. The number of anilines is 1. The first-order valence-electron chi connectivity index (χ1n) is 7.82. The number of carbonyl (C=O) groups is 1. The number of H-pyrrole nitrogens is 1. The topological polar surface area (TPSA) is 62.0 Å². The van der Waals surface area contributed by atoms with E-state index < -0.39 is 11.7 Å². The maximum absolute atomic E-state index is 13.1. The fourth-order valence-electron chi connectivity index (χ4n) is 2.88. The molecular weight excluding hydrogens is 343 g/mol. The normalized spacial score (nSPS) is 10.9. The molecule has 128 valence electrons. The van der Waals surface area contributed by atoms with Crippen molar-refractivity contribution in [2.75, 3.05) is 5.32 Å². The number of benzene rings is 2. The molecule has 1 aromatic heterocycles. The Morgan fingerprint density at radius 2 is 2.00 bits per heavy atom. The van der Waals surface area contributed by atoms with Gasteiger partial charge in [-0.3, -0.25) is 9.59 Å². The van der Waals surface area contributed by atoms with Crippen molar-refractivity contribution in [2.45, 2.75) is 20.3 Å². The molecule has 0 unspecified atom stereocenters. The molecule has 1 heterocycles. The van der Waals surface area contributed by atoms with Crippen molar-refractivity contribution in [3.8, 4) is 0 Å². The van der Waals surface area contributed by atoms with Crippen LogP contribution in [0, 0.1) is 12.7 Å². The van der Waals surface area contributed by atoms with E-state index in [0.717, 1.165) is 22.6 Å². The summed E-state index contributed by atoms with van der Waals surface area (Å²) in [5.41, 5.74) is 2.88. The van der Waals surface area contributed by atoms with Crippen molar-refractivity contribution in [1.29, 1.82) is 0 Å². The summed E-state index contributed by atoms with van der Waals surface area (Å²) in [5.74, 6) is -0.958. The number of pyridine rings is 1. The van der Waals surface area contributed by atoms with Crippen LogP contribution in [0.15, 0.2) is 41.2 Å². The molecule has 0 saturated heterocycles. The van der Waals surface area contributed by atoms with Crippen molar-refractivity contribution in [3.05, 3.63) is 74.3 Å². The Hall–Kier alpha value is -2.66. The number of amides is 1. The molecule has 0 aliphatic rings. The number of aryl methyl sites for hydroxylation is 1. The lowest BCUT2D eigenvalue weighted by atomic mass is 10.0. The third kappa shape index (κ3) is 3.28. The van der Waals surface area contributed by atoms with Crippen LogP contribution < -0.4 is 10.9 Å². The predicted molar refractivity (Wildman–Crippen MR) is 98.0 cm³/mol. The van der Waals surface area contributed by atoms with Crippen LogP contribution in [0.2, 0.25) is 5.02 Å². The number of aromatic nitrogens is 1. The second-order valence-electron chi connectivity index (χ2n) is 5.75. The van der Waals surface area contributed by atoms with Gasteiger partial charge in [0, 0.05) is 16.6 Å². The van der Waals surface area contributed by atoms with Gasteiger partial charge in [0.1, 0.15) is 5.82 Å². The molecule has 3 aromatic rings. The van der Waals surface area contributed by atoms with E-state index in [0.29, 0.717) is 17.6 Å². The summed E-state index contributed by atoms with van der Waals surface area (Å²) in [7, 11) is 0. The minimum absolute atomic E-state index is 0.0372. The van der Waals surface area contributed by atoms with E-state index >= 15 is 0 Å². The van der Waals surface area contributed by atoms with Gasteiger partial charge in [-0.1, -0.05) is 24.6 Å². The minimum atomic E-state index is -0.507. The van der Waals surface area contributed by atoms with E-state index in [4.69, 9.17) is 11.6 Å². The highest BCUT2D eigenvalue weighted by atomic mass is 35.5. The average molecular weight is 359 g/mol. The molecule has 0 atom stereocenters. The first-order chi connectivity index (χ1) is 11.9. The smallest absolute Gasteiger partial charge is 0.257 e. The first kappa shape index (κ1) is 17.2. The van der Waals surface area contributed by atoms with E-state index in [1.165, 1.54) is 12.1 Å². The zero-order valence-electron chi connectivity index (χ0n) is 13.7. The van der Waals surface area contributed by atoms with Crippen molar-refractivity contribution in [1.82, 2.24) is 4.98 Å². The van der Waals surface area contributed by atoms with Crippen LogP contribution in [-0.2, 0) is 6.42 Å². The van der Waals surface area contributed by atoms with Gasteiger partial charge >= 0.3 is 0 Å². The number of carbonyl (C=O) groups excluding carboxylic acids is 1. The van der Waals surface area contributed by atoms with Crippen molar-refractivity contribution < 1.29 is 9.18 Å². The Morgan fingerprint density at radius 3 is 2.68 bits per heavy atom. The molecule has 0 spiro atoms. The number of rotatable bonds is 3. The third-order valence-corrected chi connectivity index (χ3v) is 4.50. The van der Waals surface area contributed by atoms with E-state index in [2.05, 4.69) is 10.3 Å². The summed E-state index contributed by atoms with van der Waals surface area (Å²) in [5, 5.41) is 3.67. The second kappa shape index (κ2) is 6.69. The van der Waals surface area contributed by atoms with Crippen LogP contribution in [0.4, 0.5) is 10.1 Å². The summed E-state index contributed by atoms with van der Waals surface area (Å²) in [6, 6.07) is 8.88. The highest BCUT2D eigenvalue weighted by molar-refractivity contribution is 6.34.